The van der Waals surface area contributed by atoms with Crippen LogP contribution < -0.4 is 5.73 Å². The van der Waals surface area contributed by atoms with Crippen molar-refractivity contribution in [3.05, 3.63) is 35.4 Å². The molecule has 0 bridgehead atoms. The van der Waals surface area contributed by atoms with Crippen LogP contribution in [0.25, 0.3) is 0 Å². The molecule has 0 heterocycles. The number of hydrogen-bond donors (Lipinski definition) is 1. The molecule has 0 unspecified atom stereocenters. The molecule has 0 atom stereocenters. The van der Waals surface area contributed by atoms with E-state index in [1.54, 1.807) is 0 Å². The molecule has 1 aromatic carbocycles. The van der Waals surface area contributed by atoms with Crippen molar-refractivity contribution in [3.8, 4) is 0 Å². The molecule has 20 heavy (non-hydrogen) atoms. The van der Waals surface area contributed by atoms with Gasteiger partial charge in [-0.15, -0.1) is 0 Å². The predicted octanol–water partition coefficient (Wildman–Crippen LogP) is 5.50. The number of nitrogens with two attached hydrogens (primary N) is 1. The Bertz CT molecular complexity index is 349. The zero-order valence-electron chi connectivity index (χ0n) is 14.5. The number of hydrogen-bond acceptors (Lipinski definition) is 1. The topological polar surface area (TPSA) is 26.0 Å². The van der Waals surface area contributed by atoms with Gasteiger partial charge in [-0.1, -0.05) is 58.9 Å². The zero-order chi connectivity index (χ0) is 15.6. The van der Waals surface area contributed by atoms with Crippen molar-refractivity contribution in [2.45, 2.75) is 79.7 Å². The van der Waals surface area contributed by atoms with Crippen molar-refractivity contribution in [1.82, 2.24) is 0 Å². The van der Waals surface area contributed by atoms with E-state index in [9.17, 15) is 0 Å². The first-order valence-electron chi connectivity index (χ1n) is 8.39. The maximum Gasteiger partial charge on any atom is 0.00392 e. The Morgan fingerprint density at radius 3 is 2.05 bits per heavy atom. The van der Waals surface area contributed by atoms with E-state index in [-0.39, 0.29) is 0 Å². The SMILES string of the molecule is CC.CC.Cc1ccccc1CC1(C)CCC(N)CC1. The van der Waals surface area contributed by atoms with Gasteiger partial charge in [-0.25, -0.2) is 0 Å². The number of aryl methyl sites for hydroxylation is 1. The maximum absolute atomic E-state index is 5.98. The monoisotopic (exact) mass is 277 g/mol. The van der Waals surface area contributed by atoms with E-state index < -0.39 is 0 Å². The van der Waals surface area contributed by atoms with Gasteiger partial charge in [0.1, 0.15) is 0 Å². The second kappa shape index (κ2) is 9.99. The van der Waals surface area contributed by atoms with E-state index in [0.717, 1.165) is 0 Å². The van der Waals surface area contributed by atoms with Gasteiger partial charge in [0.15, 0.2) is 0 Å². The van der Waals surface area contributed by atoms with Crippen LogP contribution in [0.3, 0.4) is 0 Å². The third-order valence-electron chi connectivity index (χ3n) is 4.12. The lowest BCUT2D eigenvalue weighted by Crippen LogP contribution is -2.33. The summed E-state index contributed by atoms with van der Waals surface area (Å²) in [5.74, 6) is 0. The van der Waals surface area contributed by atoms with Crippen molar-refractivity contribution in [2.24, 2.45) is 11.1 Å². The molecule has 1 nitrogen and oxygen atoms in total. The molecule has 2 rings (SSSR count). The van der Waals surface area contributed by atoms with Gasteiger partial charge in [-0.3, -0.25) is 0 Å². The van der Waals surface area contributed by atoms with Crippen molar-refractivity contribution in [2.75, 3.05) is 0 Å². The Hall–Kier alpha value is -0.820. The fourth-order valence-electron chi connectivity index (χ4n) is 2.78. The van der Waals surface area contributed by atoms with Crippen LogP contribution in [0.2, 0.25) is 0 Å². The molecule has 1 aliphatic rings. The molecule has 1 heteroatoms. The summed E-state index contributed by atoms with van der Waals surface area (Å²) in [6.07, 6.45) is 6.17. The summed E-state index contributed by atoms with van der Waals surface area (Å²) in [4.78, 5) is 0. The maximum atomic E-state index is 5.98. The van der Waals surface area contributed by atoms with Gasteiger partial charge in [0.2, 0.25) is 0 Å². The molecule has 116 valence electrons. The van der Waals surface area contributed by atoms with Crippen LogP contribution in [-0.2, 0) is 6.42 Å². The molecular formula is C19H35N. The Kier molecular flexibility index (Phi) is 9.58. The van der Waals surface area contributed by atoms with Crippen LogP contribution in [0.1, 0.15) is 71.4 Å². The molecule has 0 aromatic heterocycles. The van der Waals surface area contributed by atoms with Gasteiger partial charge in [0.05, 0.1) is 0 Å². The lowest BCUT2D eigenvalue weighted by Gasteiger charge is -2.36. The lowest BCUT2D eigenvalue weighted by atomic mass is 9.70. The van der Waals surface area contributed by atoms with Gasteiger partial charge in [0.25, 0.3) is 0 Å². The molecule has 0 amide bonds. The highest BCUT2D eigenvalue weighted by Crippen LogP contribution is 2.38. The highest BCUT2D eigenvalue weighted by Gasteiger charge is 2.30. The van der Waals surface area contributed by atoms with Gasteiger partial charge >= 0.3 is 0 Å². The fourth-order valence-corrected chi connectivity index (χ4v) is 2.78. The molecular weight excluding hydrogens is 242 g/mol. The first-order chi connectivity index (χ1) is 9.59. The smallest absolute Gasteiger partial charge is 0.00392 e. The molecule has 0 aliphatic heterocycles. The van der Waals surface area contributed by atoms with Gasteiger partial charge < -0.3 is 5.73 Å². The Balaban J connectivity index is 0.000000829. The minimum absolute atomic E-state index is 0.449. The number of rotatable bonds is 2. The first-order valence-corrected chi connectivity index (χ1v) is 8.39. The van der Waals surface area contributed by atoms with Crippen molar-refractivity contribution >= 4 is 0 Å². The second-order valence-corrected chi connectivity index (χ2v) is 5.75. The van der Waals surface area contributed by atoms with Gasteiger partial charge in [-0.2, -0.15) is 0 Å². The first kappa shape index (κ1) is 19.2. The molecule has 0 spiro atoms. The Labute approximate surface area is 127 Å². The molecule has 1 aliphatic carbocycles. The summed E-state index contributed by atoms with van der Waals surface area (Å²) in [6, 6.07) is 9.21. The summed E-state index contributed by atoms with van der Waals surface area (Å²) in [5, 5.41) is 0. The molecule has 1 saturated carbocycles. The van der Waals surface area contributed by atoms with E-state index in [1.807, 2.05) is 27.7 Å². The quantitative estimate of drug-likeness (QED) is 0.759. The van der Waals surface area contributed by atoms with E-state index >= 15 is 0 Å². The largest absolute Gasteiger partial charge is 0.328 e. The van der Waals surface area contributed by atoms with Crippen LogP contribution in [0, 0.1) is 12.3 Å². The lowest BCUT2D eigenvalue weighted by molar-refractivity contribution is 0.198. The standard InChI is InChI=1S/C15H23N.2C2H6/c1-12-5-3-4-6-13(12)11-15(2)9-7-14(16)8-10-15;2*1-2/h3-6,14H,7-11,16H2,1-2H3;2*1-2H3. The van der Waals surface area contributed by atoms with E-state index in [1.165, 1.54) is 43.2 Å². The molecule has 0 saturated heterocycles. The number of benzene rings is 1. The fraction of sp³-hybridized carbons (Fsp3) is 0.684. The minimum Gasteiger partial charge on any atom is -0.328 e. The highest BCUT2D eigenvalue weighted by atomic mass is 14.6. The van der Waals surface area contributed by atoms with E-state index in [4.69, 9.17) is 5.73 Å². The average molecular weight is 277 g/mol. The minimum atomic E-state index is 0.449. The summed E-state index contributed by atoms with van der Waals surface area (Å²) in [6.45, 7) is 12.6. The van der Waals surface area contributed by atoms with Crippen LogP contribution in [-0.4, -0.2) is 6.04 Å². The van der Waals surface area contributed by atoms with Crippen LogP contribution in [0.5, 0.6) is 0 Å². The summed E-state index contributed by atoms with van der Waals surface area (Å²) < 4.78 is 0. The normalized spacial score (nSPS) is 24.9. The molecule has 1 fully saturated rings. The summed E-state index contributed by atoms with van der Waals surface area (Å²) in [5.41, 5.74) is 9.40. The third kappa shape index (κ3) is 6.09. The van der Waals surface area contributed by atoms with Gasteiger partial charge in [-0.05, 0) is 55.6 Å². The van der Waals surface area contributed by atoms with E-state index in [2.05, 4.69) is 38.1 Å². The molecule has 2 N–H and O–H groups in total. The van der Waals surface area contributed by atoms with Crippen molar-refractivity contribution < 1.29 is 0 Å². The second-order valence-electron chi connectivity index (χ2n) is 5.75. The molecule has 1 aromatic rings. The third-order valence-corrected chi connectivity index (χ3v) is 4.12. The van der Waals surface area contributed by atoms with Gasteiger partial charge in [0, 0.05) is 6.04 Å². The zero-order valence-corrected chi connectivity index (χ0v) is 14.5. The van der Waals surface area contributed by atoms with Crippen LogP contribution >= 0.6 is 0 Å². The van der Waals surface area contributed by atoms with Crippen LogP contribution in [0.15, 0.2) is 24.3 Å². The average Bonchev–Trinajstić information content (AvgIpc) is 2.49. The van der Waals surface area contributed by atoms with Crippen molar-refractivity contribution in [3.63, 3.8) is 0 Å². The predicted molar refractivity (Wildman–Crippen MR) is 92.1 cm³/mol. The highest BCUT2D eigenvalue weighted by molar-refractivity contribution is 5.26. The summed E-state index contributed by atoms with van der Waals surface area (Å²) >= 11 is 0. The Morgan fingerprint density at radius 1 is 1.05 bits per heavy atom. The van der Waals surface area contributed by atoms with E-state index in [0.29, 0.717) is 11.5 Å². The van der Waals surface area contributed by atoms with Crippen molar-refractivity contribution in [1.29, 1.82) is 0 Å². The summed E-state index contributed by atoms with van der Waals surface area (Å²) in [7, 11) is 0. The van der Waals surface area contributed by atoms with Crippen LogP contribution in [0.4, 0.5) is 0 Å². The Morgan fingerprint density at radius 2 is 1.55 bits per heavy atom. The molecule has 0 radical (unpaired) electrons.